The molecule has 0 aliphatic carbocycles. The first kappa shape index (κ1) is 10.0. The van der Waals surface area contributed by atoms with Crippen molar-refractivity contribution in [3.63, 3.8) is 0 Å². The Morgan fingerprint density at radius 2 is 2.25 bits per heavy atom. The van der Waals surface area contributed by atoms with Crippen LogP contribution in [0.4, 0.5) is 0 Å². The lowest BCUT2D eigenvalue weighted by molar-refractivity contribution is 0.698. The number of halogens is 2. The summed E-state index contributed by atoms with van der Waals surface area (Å²) >= 11 is 9.20. The van der Waals surface area contributed by atoms with E-state index in [1.54, 1.807) is 0 Å². The molecule has 0 aliphatic heterocycles. The molecule has 1 rings (SSSR count). The summed E-state index contributed by atoms with van der Waals surface area (Å²) in [6, 6.07) is 5.90. The second-order valence-corrected chi connectivity index (χ2v) is 3.95. The molecule has 0 heterocycles. The zero-order valence-corrected chi connectivity index (χ0v) is 9.19. The molecule has 0 aliphatic rings. The van der Waals surface area contributed by atoms with Crippen molar-refractivity contribution in [2.24, 2.45) is 5.73 Å². The molecule has 1 nitrogen and oxygen atoms in total. The van der Waals surface area contributed by atoms with E-state index in [-0.39, 0.29) is 6.04 Å². The second kappa shape index (κ2) is 4.26. The van der Waals surface area contributed by atoms with Gasteiger partial charge in [-0.2, -0.15) is 0 Å². The van der Waals surface area contributed by atoms with Gasteiger partial charge in [-0.05, 0) is 40.0 Å². The van der Waals surface area contributed by atoms with Crippen LogP contribution in [0, 0.1) is 0 Å². The molecule has 12 heavy (non-hydrogen) atoms. The maximum absolute atomic E-state index is 5.85. The fourth-order valence-electron chi connectivity index (χ4n) is 0.979. The molecule has 1 unspecified atom stereocenters. The predicted molar refractivity (Wildman–Crippen MR) is 56.4 cm³/mol. The van der Waals surface area contributed by atoms with Gasteiger partial charge in [-0.25, -0.2) is 0 Å². The molecule has 1 aromatic carbocycles. The molecule has 0 radical (unpaired) electrons. The van der Waals surface area contributed by atoms with Crippen LogP contribution in [0.3, 0.4) is 0 Å². The van der Waals surface area contributed by atoms with Crippen LogP contribution in [0.2, 0.25) is 5.02 Å². The Morgan fingerprint density at radius 1 is 1.58 bits per heavy atom. The fourth-order valence-corrected chi connectivity index (χ4v) is 1.49. The van der Waals surface area contributed by atoms with Gasteiger partial charge in [0.05, 0.1) is 5.02 Å². The lowest BCUT2D eigenvalue weighted by Crippen LogP contribution is -2.08. The average molecular weight is 249 g/mol. The van der Waals surface area contributed by atoms with Gasteiger partial charge in [-0.1, -0.05) is 24.6 Å². The Bertz CT molecular complexity index is 275. The largest absolute Gasteiger partial charge is 0.324 e. The van der Waals surface area contributed by atoms with Crippen LogP contribution in [0.1, 0.15) is 24.9 Å². The van der Waals surface area contributed by atoms with Crippen molar-refractivity contribution < 1.29 is 0 Å². The third-order valence-corrected chi connectivity index (χ3v) is 3.03. The van der Waals surface area contributed by atoms with E-state index in [2.05, 4.69) is 22.9 Å². The summed E-state index contributed by atoms with van der Waals surface area (Å²) in [5, 5.41) is 0.724. The molecule has 66 valence electrons. The molecule has 0 aromatic heterocycles. The van der Waals surface area contributed by atoms with E-state index in [4.69, 9.17) is 17.3 Å². The van der Waals surface area contributed by atoms with E-state index in [1.165, 1.54) is 0 Å². The smallest absolute Gasteiger partial charge is 0.0548 e. The van der Waals surface area contributed by atoms with Crippen molar-refractivity contribution >= 4 is 27.5 Å². The third-order valence-electron chi connectivity index (χ3n) is 1.81. The van der Waals surface area contributed by atoms with Crippen LogP contribution in [-0.2, 0) is 0 Å². The highest BCUT2D eigenvalue weighted by molar-refractivity contribution is 9.10. The Balaban J connectivity index is 2.96. The van der Waals surface area contributed by atoms with E-state index in [0.717, 1.165) is 21.5 Å². The molecule has 1 aromatic rings. The monoisotopic (exact) mass is 247 g/mol. The van der Waals surface area contributed by atoms with Gasteiger partial charge in [0.25, 0.3) is 0 Å². The van der Waals surface area contributed by atoms with Gasteiger partial charge in [0, 0.05) is 10.5 Å². The van der Waals surface area contributed by atoms with Crippen LogP contribution in [0.5, 0.6) is 0 Å². The maximum atomic E-state index is 5.85. The molecule has 0 bridgehead atoms. The SMILES string of the molecule is CCC(N)c1ccc(Cl)c(Br)c1. The van der Waals surface area contributed by atoms with Crippen molar-refractivity contribution in [1.82, 2.24) is 0 Å². The van der Waals surface area contributed by atoms with Crippen LogP contribution in [-0.4, -0.2) is 0 Å². The van der Waals surface area contributed by atoms with Crippen molar-refractivity contribution in [3.8, 4) is 0 Å². The Hall–Kier alpha value is -0.0500. The molecule has 0 amide bonds. The Kier molecular flexibility index (Phi) is 3.56. The van der Waals surface area contributed by atoms with Gasteiger partial charge in [0.2, 0.25) is 0 Å². The van der Waals surface area contributed by atoms with Crippen molar-refractivity contribution in [3.05, 3.63) is 33.3 Å². The molecule has 0 spiro atoms. The summed E-state index contributed by atoms with van der Waals surface area (Å²) < 4.78 is 0.908. The highest BCUT2D eigenvalue weighted by Crippen LogP contribution is 2.26. The topological polar surface area (TPSA) is 26.0 Å². The maximum Gasteiger partial charge on any atom is 0.0548 e. The summed E-state index contributed by atoms with van der Waals surface area (Å²) in [6.07, 6.45) is 0.939. The molecule has 0 fully saturated rings. The molecule has 0 saturated carbocycles. The minimum absolute atomic E-state index is 0.110. The van der Waals surface area contributed by atoms with Crippen LogP contribution in [0.15, 0.2) is 22.7 Å². The zero-order valence-electron chi connectivity index (χ0n) is 6.85. The summed E-state index contributed by atoms with van der Waals surface area (Å²) in [6.45, 7) is 2.06. The second-order valence-electron chi connectivity index (χ2n) is 2.69. The summed E-state index contributed by atoms with van der Waals surface area (Å²) in [5.74, 6) is 0. The third kappa shape index (κ3) is 2.22. The van der Waals surface area contributed by atoms with E-state index in [0.29, 0.717) is 0 Å². The first-order valence-corrected chi connectivity index (χ1v) is 5.02. The summed E-state index contributed by atoms with van der Waals surface area (Å²) in [4.78, 5) is 0. The molecule has 2 N–H and O–H groups in total. The van der Waals surface area contributed by atoms with E-state index in [1.807, 2.05) is 18.2 Å². The highest BCUT2D eigenvalue weighted by Gasteiger charge is 2.04. The normalized spacial score (nSPS) is 13.0. The van der Waals surface area contributed by atoms with Crippen LogP contribution >= 0.6 is 27.5 Å². The Morgan fingerprint density at radius 3 is 2.75 bits per heavy atom. The average Bonchev–Trinajstić information content (AvgIpc) is 2.08. The van der Waals surface area contributed by atoms with Gasteiger partial charge in [-0.15, -0.1) is 0 Å². The van der Waals surface area contributed by atoms with E-state index < -0.39 is 0 Å². The van der Waals surface area contributed by atoms with Gasteiger partial charge < -0.3 is 5.73 Å². The van der Waals surface area contributed by atoms with Gasteiger partial charge in [-0.3, -0.25) is 0 Å². The van der Waals surface area contributed by atoms with Crippen LogP contribution < -0.4 is 5.73 Å². The number of hydrogen-bond donors (Lipinski definition) is 1. The minimum Gasteiger partial charge on any atom is -0.324 e. The number of rotatable bonds is 2. The van der Waals surface area contributed by atoms with Gasteiger partial charge in [0.1, 0.15) is 0 Å². The zero-order chi connectivity index (χ0) is 9.14. The predicted octanol–water partition coefficient (Wildman–Crippen LogP) is 3.51. The molecular formula is C9H11BrClN. The first-order chi connectivity index (χ1) is 5.65. The summed E-state index contributed by atoms with van der Waals surface area (Å²) in [5.41, 5.74) is 6.97. The molecular weight excluding hydrogens is 237 g/mol. The summed E-state index contributed by atoms with van der Waals surface area (Å²) in [7, 11) is 0. The number of hydrogen-bond acceptors (Lipinski definition) is 1. The molecule has 1 atom stereocenters. The fraction of sp³-hybridized carbons (Fsp3) is 0.333. The molecule has 3 heteroatoms. The Labute approximate surface area is 86.0 Å². The van der Waals surface area contributed by atoms with E-state index in [9.17, 15) is 0 Å². The first-order valence-electron chi connectivity index (χ1n) is 3.85. The quantitative estimate of drug-likeness (QED) is 0.851. The number of benzene rings is 1. The van der Waals surface area contributed by atoms with E-state index >= 15 is 0 Å². The number of nitrogens with two attached hydrogens (primary N) is 1. The van der Waals surface area contributed by atoms with Gasteiger partial charge in [0.15, 0.2) is 0 Å². The van der Waals surface area contributed by atoms with Crippen molar-refractivity contribution in [1.29, 1.82) is 0 Å². The lowest BCUT2D eigenvalue weighted by Gasteiger charge is -2.09. The van der Waals surface area contributed by atoms with Crippen molar-refractivity contribution in [2.75, 3.05) is 0 Å². The van der Waals surface area contributed by atoms with Gasteiger partial charge >= 0.3 is 0 Å². The molecule has 0 saturated heterocycles. The van der Waals surface area contributed by atoms with Crippen LogP contribution in [0.25, 0.3) is 0 Å². The van der Waals surface area contributed by atoms with Crippen molar-refractivity contribution in [2.45, 2.75) is 19.4 Å². The minimum atomic E-state index is 0.110. The lowest BCUT2D eigenvalue weighted by atomic mass is 10.1. The highest BCUT2D eigenvalue weighted by atomic mass is 79.9. The standard InChI is InChI=1S/C9H11BrClN/c1-2-9(12)6-3-4-8(11)7(10)5-6/h3-5,9H,2,12H2,1H3.